The molecule has 0 atom stereocenters. The number of rotatable bonds is 5. The molecule has 2 N–H and O–H groups in total. The van der Waals surface area contributed by atoms with Crippen LogP contribution in [-0.4, -0.2) is 31.8 Å². The second-order valence-corrected chi connectivity index (χ2v) is 5.21. The molecule has 1 saturated carbocycles. The molecule has 0 aromatic heterocycles. The first-order valence-corrected chi connectivity index (χ1v) is 6.35. The summed E-state index contributed by atoms with van der Waals surface area (Å²) in [5.74, 6) is 0.529. The van der Waals surface area contributed by atoms with Crippen LogP contribution in [0.3, 0.4) is 0 Å². The van der Waals surface area contributed by atoms with Gasteiger partial charge in [-0.1, -0.05) is 12.8 Å². The minimum absolute atomic E-state index is 0. The molecule has 0 unspecified atom stereocenters. The summed E-state index contributed by atoms with van der Waals surface area (Å²) in [7, 11) is -3.78. The van der Waals surface area contributed by atoms with E-state index in [1.54, 1.807) is 0 Å². The molecular weight excluding hydrogens is 197 g/mol. The van der Waals surface area contributed by atoms with Gasteiger partial charge < -0.3 is 6.74 Å². The summed E-state index contributed by atoms with van der Waals surface area (Å²) in [4.78, 5) is 0. The first-order chi connectivity index (χ1) is 6.08. The first kappa shape index (κ1) is 14.5. The predicted octanol–water partition coefficient (Wildman–Crippen LogP) is -2.23. The largest absolute Gasteiger partial charge is 1.00 e. The summed E-state index contributed by atoms with van der Waals surface area (Å²) in [6, 6.07) is 0. The molecule has 0 saturated heterocycles. The Kier molecular flexibility index (Phi) is 7.09. The summed E-state index contributed by atoms with van der Waals surface area (Å²) in [6.07, 6.45) is 5.09. The molecule has 1 aliphatic rings. The van der Waals surface area contributed by atoms with E-state index in [2.05, 4.69) is 5.32 Å². The van der Waals surface area contributed by atoms with Crippen LogP contribution in [0.2, 0.25) is 0 Å². The zero-order chi connectivity index (χ0) is 9.73. The molecule has 0 aromatic carbocycles. The molecule has 14 heavy (non-hydrogen) atoms. The van der Waals surface area contributed by atoms with Crippen LogP contribution in [0.5, 0.6) is 0 Å². The van der Waals surface area contributed by atoms with E-state index in [0.29, 0.717) is 12.5 Å². The normalized spacial score (nSPS) is 18.1. The summed E-state index contributed by atoms with van der Waals surface area (Å²) < 4.78 is 29.1. The van der Waals surface area contributed by atoms with Crippen molar-refractivity contribution in [2.24, 2.45) is 5.92 Å². The molecular formula is C8H18LiNO3S. The molecule has 0 heterocycles. The van der Waals surface area contributed by atoms with Crippen LogP contribution in [0, 0.1) is 5.92 Å². The molecule has 0 aromatic rings. The van der Waals surface area contributed by atoms with Gasteiger partial charge in [-0.3, -0.25) is 4.55 Å². The Balaban J connectivity index is 0. The molecule has 6 heteroatoms. The monoisotopic (exact) mass is 215 g/mol. The van der Waals surface area contributed by atoms with Gasteiger partial charge in [-0.05, 0) is 25.3 Å². The fourth-order valence-corrected chi connectivity index (χ4v) is 2.12. The van der Waals surface area contributed by atoms with Crippen LogP contribution in [0.15, 0.2) is 0 Å². The van der Waals surface area contributed by atoms with E-state index in [-0.39, 0.29) is 26.0 Å². The Labute approximate surface area is 99.2 Å². The zero-order valence-electron chi connectivity index (χ0n) is 9.70. The number of hydrogen-bond acceptors (Lipinski definition) is 3. The van der Waals surface area contributed by atoms with Crippen LogP contribution in [-0.2, 0) is 10.1 Å². The standard InChI is InChI=1S/C8H17NO3S.Li.H/c10-13(11,12)6-5-9-7-8-3-1-2-4-8;;/h8-9H,1-7H2,(H,10,11,12);;/q;+1;-1. The van der Waals surface area contributed by atoms with Gasteiger partial charge in [0.25, 0.3) is 10.1 Å². The summed E-state index contributed by atoms with van der Waals surface area (Å²) in [5.41, 5.74) is 0. The minimum atomic E-state index is -3.78. The maximum atomic E-state index is 10.3. The van der Waals surface area contributed by atoms with Gasteiger partial charge in [0.05, 0.1) is 5.75 Å². The first-order valence-electron chi connectivity index (χ1n) is 4.74. The fourth-order valence-electron chi connectivity index (χ4n) is 1.72. The molecule has 80 valence electrons. The summed E-state index contributed by atoms with van der Waals surface area (Å²) >= 11 is 0. The average Bonchev–Trinajstić information content (AvgIpc) is 2.48. The van der Waals surface area contributed by atoms with Gasteiger partial charge in [0.1, 0.15) is 0 Å². The summed E-state index contributed by atoms with van der Waals surface area (Å²) in [6.45, 7) is 1.24. The van der Waals surface area contributed by atoms with Gasteiger partial charge in [0, 0.05) is 6.54 Å². The molecule has 0 radical (unpaired) electrons. The molecule has 4 nitrogen and oxygen atoms in total. The van der Waals surface area contributed by atoms with Crippen molar-refractivity contribution in [3.8, 4) is 0 Å². The SMILES string of the molecule is O=S(=O)(O)CCNCC1CCCC1.[H-].[Li+]. The Morgan fingerprint density at radius 2 is 1.93 bits per heavy atom. The number of nitrogens with one attached hydrogen (secondary N) is 1. The molecule has 1 fully saturated rings. The van der Waals surface area contributed by atoms with Crippen molar-refractivity contribution in [2.45, 2.75) is 25.7 Å². The topological polar surface area (TPSA) is 66.4 Å². The van der Waals surface area contributed by atoms with Gasteiger partial charge in [0.2, 0.25) is 0 Å². The van der Waals surface area contributed by atoms with Crippen molar-refractivity contribution >= 4 is 10.1 Å². The average molecular weight is 215 g/mol. The van der Waals surface area contributed by atoms with Crippen LogP contribution < -0.4 is 24.2 Å². The van der Waals surface area contributed by atoms with Gasteiger partial charge in [0.15, 0.2) is 0 Å². The van der Waals surface area contributed by atoms with Crippen molar-refractivity contribution in [3.05, 3.63) is 0 Å². The van der Waals surface area contributed by atoms with Gasteiger partial charge in [-0.2, -0.15) is 8.42 Å². The number of hydrogen-bond donors (Lipinski definition) is 2. The Morgan fingerprint density at radius 1 is 1.36 bits per heavy atom. The Morgan fingerprint density at radius 3 is 2.43 bits per heavy atom. The minimum Gasteiger partial charge on any atom is -1.00 e. The van der Waals surface area contributed by atoms with E-state index in [0.717, 1.165) is 6.54 Å². The van der Waals surface area contributed by atoms with E-state index in [1.807, 2.05) is 0 Å². The maximum absolute atomic E-state index is 10.3. The second kappa shape index (κ2) is 6.86. The van der Waals surface area contributed by atoms with Gasteiger partial charge in [-0.15, -0.1) is 0 Å². The molecule has 1 rings (SSSR count). The van der Waals surface area contributed by atoms with Crippen LogP contribution >= 0.6 is 0 Å². The van der Waals surface area contributed by atoms with E-state index in [4.69, 9.17) is 4.55 Å². The quantitative estimate of drug-likeness (QED) is 0.309. The van der Waals surface area contributed by atoms with Gasteiger partial charge >= 0.3 is 18.9 Å². The molecule has 0 aliphatic heterocycles. The van der Waals surface area contributed by atoms with Crippen molar-refractivity contribution in [1.29, 1.82) is 0 Å². The van der Waals surface area contributed by atoms with Crippen molar-refractivity contribution in [2.75, 3.05) is 18.8 Å². The zero-order valence-corrected chi connectivity index (χ0v) is 9.52. The van der Waals surface area contributed by atoms with Crippen molar-refractivity contribution < 1.29 is 33.3 Å². The fraction of sp³-hybridized carbons (Fsp3) is 1.00. The third-order valence-electron chi connectivity index (χ3n) is 2.44. The van der Waals surface area contributed by atoms with E-state index < -0.39 is 10.1 Å². The van der Waals surface area contributed by atoms with E-state index in [1.165, 1.54) is 25.7 Å². The third kappa shape index (κ3) is 6.85. The van der Waals surface area contributed by atoms with E-state index >= 15 is 0 Å². The molecule has 0 bridgehead atoms. The second-order valence-electron chi connectivity index (χ2n) is 3.64. The molecule has 1 aliphatic carbocycles. The van der Waals surface area contributed by atoms with Gasteiger partial charge in [-0.25, -0.2) is 0 Å². The summed E-state index contributed by atoms with van der Waals surface area (Å²) in [5, 5.41) is 3.04. The van der Waals surface area contributed by atoms with E-state index in [9.17, 15) is 8.42 Å². The molecule has 0 amide bonds. The Bertz CT molecular complexity index is 242. The Hall–Kier alpha value is 0.467. The smallest absolute Gasteiger partial charge is 1.00 e. The predicted molar refractivity (Wildman–Crippen MR) is 52.4 cm³/mol. The maximum Gasteiger partial charge on any atom is 1.00 e. The third-order valence-corrected chi connectivity index (χ3v) is 3.16. The van der Waals surface area contributed by atoms with Crippen molar-refractivity contribution in [3.63, 3.8) is 0 Å². The van der Waals surface area contributed by atoms with Crippen LogP contribution in [0.1, 0.15) is 27.1 Å². The molecule has 0 spiro atoms. The van der Waals surface area contributed by atoms with Crippen LogP contribution in [0.25, 0.3) is 0 Å². The van der Waals surface area contributed by atoms with Crippen molar-refractivity contribution in [1.82, 2.24) is 5.32 Å². The van der Waals surface area contributed by atoms with Crippen LogP contribution in [0.4, 0.5) is 0 Å².